The summed E-state index contributed by atoms with van der Waals surface area (Å²) in [5.41, 5.74) is 13.1. The molecule has 4 rings (SSSR count). The molecule has 0 radical (unpaired) electrons. The van der Waals surface area contributed by atoms with Gasteiger partial charge in [0.2, 0.25) is 0 Å². The van der Waals surface area contributed by atoms with Crippen LogP contribution in [-0.2, 0) is 9.84 Å². The lowest BCUT2D eigenvalue weighted by Crippen LogP contribution is -2.16. The van der Waals surface area contributed by atoms with E-state index >= 15 is 0 Å². The average Bonchev–Trinajstić information content (AvgIpc) is 2.66. The van der Waals surface area contributed by atoms with Gasteiger partial charge in [0.15, 0.2) is 15.6 Å². The van der Waals surface area contributed by atoms with Gasteiger partial charge < -0.3 is 11.5 Å². The van der Waals surface area contributed by atoms with Crippen molar-refractivity contribution in [2.45, 2.75) is 4.90 Å². The van der Waals surface area contributed by atoms with Crippen LogP contribution in [0.5, 0.6) is 0 Å². The van der Waals surface area contributed by atoms with E-state index in [1.165, 1.54) is 6.07 Å². The summed E-state index contributed by atoms with van der Waals surface area (Å²) in [4.78, 5) is 12.7. The number of rotatable bonds is 4. The Morgan fingerprint density at radius 2 is 1.18 bits per heavy atom. The molecule has 0 spiro atoms. The van der Waals surface area contributed by atoms with Gasteiger partial charge in [0.25, 0.3) is 0 Å². The first kappa shape index (κ1) is 18.0. The Hall–Kier alpha value is -3.38. The Labute approximate surface area is 162 Å². The van der Waals surface area contributed by atoms with Crippen molar-refractivity contribution in [3.05, 3.63) is 78.4 Å². The standard InChI is InChI=1S/C22H18N2O3S/c23-19-6-3-14-9-18(2-1-15(14)10-19)22(25)13-28(26,27)21-8-5-16-11-20(24)7-4-17(16)12-21/h1-12H,13,23-24H2. The fraction of sp³-hybridized carbons (Fsp3) is 0.0455. The summed E-state index contributed by atoms with van der Waals surface area (Å²) in [6.45, 7) is 0. The summed E-state index contributed by atoms with van der Waals surface area (Å²) in [5.74, 6) is -1.04. The first-order chi connectivity index (χ1) is 13.3. The maximum absolute atomic E-state index is 12.8. The van der Waals surface area contributed by atoms with Gasteiger partial charge in [-0.3, -0.25) is 4.79 Å². The van der Waals surface area contributed by atoms with E-state index in [0.717, 1.165) is 21.5 Å². The van der Waals surface area contributed by atoms with Gasteiger partial charge in [0, 0.05) is 16.9 Å². The fourth-order valence-corrected chi connectivity index (χ4v) is 4.47. The molecule has 0 fully saturated rings. The monoisotopic (exact) mass is 390 g/mol. The van der Waals surface area contributed by atoms with Crippen molar-refractivity contribution in [1.82, 2.24) is 0 Å². The number of Topliss-reactive ketones (excluding diaryl/α,β-unsaturated/α-hetero) is 1. The number of fused-ring (bicyclic) bond motifs is 2. The summed E-state index contributed by atoms with van der Waals surface area (Å²) in [5, 5.41) is 3.33. The van der Waals surface area contributed by atoms with E-state index in [4.69, 9.17) is 11.5 Å². The van der Waals surface area contributed by atoms with E-state index in [1.807, 2.05) is 12.1 Å². The summed E-state index contributed by atoms with van der Waals surface area (Å²) in [6.07, 6.45) is 0. The third kappa shape index (κ3) is 3.42. The molecule has 5 nitrogen and oxygen atoms in total. The van der Waals surface area contributed by atoms with Crippen molar-refractivity contribution in [2.24, 2.45) is 0 Å². The van der Waals surface area contributed by atoms with E-state index in [0.29, 0.717) is 16.9 Å². The Bertz CT molecular complexity index is 1340. The number of carbonyl (C=O) groups excluding carboxylic acids is 1. The number of anilines is 2. The number of hydrogen-bond donors (Lipinski definition) is 2. The normalized spacial score (nSPS) is 11.7. The van der Waals surface area contributed by atoms with Crippen molar-refractivity contribution < 1.29 is 13.2 Å². The molecule has 0 heterocycles. The fourth-order valence-electron chi connectivity index (χ4n) is 3.21. The minimum Gasteiger partial charge on any atom is -0.399 e. The number of nitrogens with two attached hydrogens (primary N) is 2. The molecule has 4 aromatic carbocycles. The zero-order valence-electron chi connectivity index (χ0n) is 14.9. The minimum atomic E-state index is -3.77. The van der Waals surface area contributed by atoms with Crippen LogP contribution >= 0.6 is 0 Å². The quantitative estimate of drug-likeness (QED) is 0.407. The van der Waals surface area contributed by atoms with Gasteiger partial charge in [-0.1, -0.05) is 30.3 Å². The molecule has 140 valence electrons. The molecule has 0 aliphatic rings. The SMILES string of the molecule is Nc1ccc2cc(C(=O)CS(=O)(=O)c3ccc4cc(N)ccc4c3)ccc2c1. The van der Waals surface area contributed by atoms with E-state index in [1.54, 1.807) is 54.6 Å². The van der Waals surface area contributed by atoms with E-state index in [9.17, 15) is 13.2 Å². The molecule has 4 N–H and O–H groups in total. The molecule has 6 heteroatoms. The second-order valence-corrected chi connectivity index (χ2v) is 8.76. The molecule has 0 bridgehead atoms. The average molecular weight is 390 g/mol. The number of nitrogen functional groups attached to an aromatic ring is 2. The molecule has 4 aromatic rings. The molecule has 0 aliphatic carbocycles. The number of hydrogen-bond acceptors (Lipinski definition) is 5. The van der Waals surface area contributed by atoms with Crippen LogP contribution in [0.3, 0.4) is 0 Å². The van der Waals surface area contributed by atoms with E-state index in [-0.39, 0.29) is 4.90 Å². The molecule has 0 saturated heterocycles. The zero-order valence-corrected chi connectivity index (χ0v) is 15.7. The lowest BCUT2D eigenvalue weighted by molar-refractivity contribution is 0.102. The van der Waals surface area contributed by atoms with Crippen LogP contribution in [0, 0.1) is 0 Å². The largest absolute Gasteiger partial charge is 0.399 e. The highest BCUT2D eigenvalue weighted by atomic mass is 32.2. The zero-order chi connectivity index (χ0) is 19.9. The van der Waals surface area contributed by atoms with E-state index in [2.05, 4.69) is 0 Å². The van der Waals surface area contributed by atoms with Gasteiger partial charge >= 0.3 is 0 Å². The van der Waals surface area contributed by atoms with Crippen LogP contribution in [0.2, 0.25) is 0 Å². The molecule has 0 amide bonds. The third-order valence-corrected chi connectivity index (χ3v) is 6.32. The van der Waals surface area contributed by atoms with Crippen molar-refractivity contribution in [3.63, 3.8) is 0 Å². The molecular weight excluding hydrogens is 372 g/mol. The Balaban J connectivity index is 1.64. The van der Waals surface area contributed by atoms with Gasteiger partial charge in [-0.25, -0.2) is 8.42 Å². The van der Waals surface area contributed by atoms with Gasteiger partial charge in [-0.15, -0.1) is 0 Å². The first-order valence-electron chi connectivity index (χ1n) is 8.66. The van der Waals surface area contributed by atoms with Crippen LogP contribution in [0.4, 0.5) is 11.4 Å². The third-order valence-electron chi connectivity index (χ3n) is 4.70. The highest BCUT2D eigenvalue weighted by Crippen LogP contribution is 2.24. The van der Waals surface area contributed by atoms with Crippen LogP contribution < -0.4 is 11.5 Å². The topological polar surface area (TPSA) is 103 Å². The maximum Gasteiger partial charge on any atom is 0.185 e. The van der Waals surface area contributed by atoms with Crippen LogP contribution in [-0.4, -0.2) is 20.0 Å². The Kier molecular flexibility index (Phi) is 4.28. The molecule has 0 aromatic heterocycles. The predicted molar refractivity (Wildman–Crippen MR) is 113 cm³/mol. The Morgan fingerprint density at radius 3 is 1.82 bits per heavy atom. The summed E-state index contributed by atoms with van der Waals surface area (Å²) < 4.78 is 25.5. The lowest BCUT2D eigenvalue weighted by Gasteiger charge is -2.07. The highest BCUT2D eigenvalue weighted by molar-refractivity contribution is 7.92. The second-order valence-electron chi connectivity index (χ2n) is 6.77. The predicted octanol–water partition coefficient (Wildman–Crippen LogP) is 3.81. The number of sulfone groups is 1. The molecular formula is C22H18N2O3S. The van der Waals surface area contributed by atoms with Gasteiger partial charge in [0.05, 0.1) is 4.90 Å². The molecule has 0 atom stereocenters. The molecule has 0 aliphatic heterocycles. The van der Waals surface area contributed by atoms with Gasteiger partial charge in [-0.05, 0) is 64.0 Å². The number of ketones is 1. The van der Waals surface area contributed by atoms with Crippen molar-refractivity contribution in [2.75, 3.05) is 17.2 Å². The Morgan fingerprint density at radius 1 is 0.679 bits per heavy atom. The smallest absolute Gasteiger partial charge is 0.185 e. The van der Waals surface area contributed by atoms with Crippen LogP contribution in [0.15, 0.2) is 77.7 Å². The van der Waals surface area contributed by atoms with Gasteiger partial charge in [0.1, 0.15) is 5.75 Å². The summed E-state index contributed by atoms with van der Waals surface area (Å²) in [7, 11) is -3.77. The maximum atomic E-state index is 12.8. The van der Waals surface area contributed by atoms with E-state index < -0.39 is 21.4 Å². The number of benzene rings is 4. The molecule has 0 saturated carbocycles. The second kappa shape index (κ2) is 6.65. The number of carbonyl (C=O) groups is 1. The van der Waals surface area contributed by atoms with Crippen molar-refractivity contribution in [1.29, 1.82) is 0 Å². The molecule has 0 unspecified atom stereocenters. The van der Waals surface area contributed by atoms with Gasteiger partial charge in [-0.2, -0.15) is 0 Å². The van der Waals surface area contributed by atoms with Crippen molar-refractivity contribution in [3.8, 4) is 0 Å². The summed E-state index contributed by atoms with van der Waals surface area (Å²) >= 11 is 0. The lowest BCUT2D eigenvalue weighted by atomic mass is 10.0. The highest BCUT2D eigenvalue weighted by Gasteiger charge is 2.21. The first-order valence-corrected chi connectivity index (χ1v) is 10.3. The van der Waals surface area contributed by atoms with Crippen molar-refractivity contribution >= 4 is 48.5 Å². The summed E-state index contributed by atoms with van der Waals surface area (Å²) in [6, 6.07) is 20.5. The minimum absolute atomic E-state index is 0.117. The van der Waals surface area contributed by atoms with Crippen LogP contribution in [0.1, 0.15) is 10.4 Å². The molecule has 28 heavy (non-hydrogen) atoms. The van der Waals surface area contributed by atoms with Crippen LogP contribution in [0.25, 0.3) is 21.5 Å².